The van der Waals surface area contributed by atoms with Gasteiger partial charge in [0, 0.05) is 32.5 Å². The summed E-state index contributed by atoms with van der Waals surface area (Å²) < 4.78 is 7.30. The quantitative estimate of drug-likeness (QED) is 0.687. The molecule has 0 radical (unpaired) electrons. The van der Waals surface area contributed by atoms with E-state index in [0.29, 0.717) is 6.04 Å². The molecule has 16 heavy (non-hydrogen) atoms. The van der Waals surface area contributed by atoms with E-state index in [1.54, 1.807) is 0 Å². The lowest BCUT2D eigenvalue weighted by molar-refractivity contribution is 0.140. The normalized spacial score (nSPS) is 12.9. The molecular weight excluding hydrogens is 202 g/mol. The van der Waals surface area contributed by atoms with Crippen molar-refractivity contribution >= 4 is 0 Å². The fraction of sp³-hybridized carbons (Fsp3) is 0.750. The Balaban J connectivity index is 2.45. The highest BCUT2D eigenvalue weighted by Gasteiger charge is 2.12. The number of nitrogens with zero attached hydrogens (tertiary/aromatic N) is 2. The molecule has 1 N–H and O–H groups in total. The van der Waals surface area contributed by atoms with E-state index in [9.17, 15) is 0 Å². The molecule has 1 aromatic rings. The third-order valence-corrected chi connectivity index (χ3v) is 2.65. The molecule has 0 aliphatic rings. The second-order valence-corrected chi connectivity index (χ2v) is 3.83. The zero-order chi connectivity index (χ0) is 11.8. The van der Waals surface area contributed by atoms with Gasteiger partial charge in [0.05, 0.1) is 5.69 Å². The summed E-state index contributed by atoms with van der Waals surface area (Å²) >= 11 is 0. The van der Waals surface area contributed by atoms with E-state index in [-0.39, 0.29) is 0 Å². The van der Waals surface area contributed by atoms with Crippen LogP contribution in [-0.2, 0) is 11.8 Å². The Bertz CT molecular complexity index is 286. The van der Waals surface area contributed by atoms with Crippen LogP contribution in [0.3, 0.4) is 0 Å². The minimum absolute atomic E-state index is 0.387. The third kappa shape index (κ3) is 3.94. The van der Waals surface area contributed by atoms with E-state index in [2.05, 4.69) is 23.4 Å². The van der Waals surface area contributed by atoms with E-state index in [1.807, 2.05) is 24.9 Å². The van der Waals surface area contributed by atoms with E-state index in [4.69, 9.17) is 4.74 Å². The first-order valence-corrected chi connectivity index (χ1v) is 6.08. The summed E-state index contributed by atoms with van der Waals surface area (Å²) in [6.07, 6.45) is 4.02. The molecule has 0 saturated carbocycles. The molecule has 0 fully saturated rings. The van der Waals surface area contributed by atoms with Gasteiger partial charge >= 0.3 is 0 Å². The molecule has 0 aromatic carbocycles. The minimum Gasteiger partial charge on any atom is -0.382 e. The van der Waals surface area contributed by atoms with Gasteiger partial charge in [-0.05, 0) is 32.4 Å². The highest BCUT2D eigenvalue weighted by Crippen LogP contribution is 2.17. The molecule has 4 nitrogen and oxygen atoms in total. The Morgan fingerprint density at radius 3 is 2.88 bits per heavy atom. The summed E-state index contributed by atoms with van der Waals surface area (Å²) in [7, 11) is 1.99. The van der Waals surface area contributed by atoms with Crippen molar-refractivity contribution < 1.29 is 4.74 Å². The predicted octanol–water partition coefficient (Wildman–Crippen LogP) is 1.89. The van der Waals surface area contributed by atoms with Crippen LogP contribution >= 0.6 is 0 Å². The first-order chi connectivity index (χ1) is 7.79. The van der Waals surface area contributed by atoms with Gasteiger partial charge in [-0.1, -0.05) is 6.92 Å². The number of ether oxygens (including phenoxy) is 1. The van der Waals surface area contributed by atoms with Crippen molar-refractivity contribution in [2.24, 2.45) is 7.05 Å². The highest BCUT2D eigenvalue weighted by molar-refractivity contribution is 5.06. The fourth-order valence-corrected chi connectivity index (χ4v) is 1.86. The van der Waals surface area contributed by atoms with Gasteiger partial charge in [-0.15, -0.1) is 0 Å². The molecule has 1 aromatic heterocycles. The van der Waals surface area contributed by atoms with Crippen LogP contribution in [0.15, 0.2) is 12.3 Å². The Labute approximate surface area is 98.0 Å². The Hall–Kier alpha value is -0.870. The van der Waals surface area contributed by atoms with Crippen molar-refractivity contribution in [3.63, 3.8) is 0 Å². The largest absolute Gasteiger partial charge is 0.382 e. The lowest BCUT2D eigenvalue weighted by Crippen LogP contribution is -2.23. The molecule has 0 saturated heterocycles. The van der Waals surface area contributed by atoms with Crippen LogP contribution in [0.4, 0.5) is 0 Å². The van der Waals surface area contributed by atoms with E-state index < -0.39 is 0 Å². The van der Waals surface area contributed by atoms with Crippen molar-refractivity contribution in [2.75, 3.05) is 19.8 Å². The fourth-order valence-electron chi connectivity index (χ4n) is 1.86. The molecule has 1 heterocycles. The van der Waals surface area contributed by atoms with Gasteiger partial charge in [-0.2, -0.15) is 5.10 Å². The van der Waals surface area contributed by atoms with Gasteiger partial charge in [-0.25, -0.2) is 0 Å². The van der Waals surface area contributed by atoms with Gasteiger partial charge in [0.2, 0.25) is 0 Å². The first-order valence-electron chi connectivity index (χ1n) is 6.08. The molecule has 1 atom stereocenters. The van der Waals surface area contributed by atoms with Gasteiger partial charge in [0.1, 0.15) is 0 Å². The molecule has 0 amide bonds. The van der Waals surface area contributed by atoms with Crippen LogP contribution in [0.1, 0.15) is 38.4 Å². The van der Waals surface area contributed by atoms with Crippen LogP contribution < -0.4 is 5.32 Å². The number of nitrogens with one attached hydrogen (secondary N) is 1. The smallest absolute Gasteiger partial charge is 0.0550 e. The summed E-state index contributed by atoms with van der Waals surface area (Å²) in [6.45, 7) is 6.78. The van der Waals surface area contributed by atoms with Crippen LogP contribution in [0.2, 0.25) is 0 Å². The van der Waals surface area contributed by atoms with Crippen LogP contribution in [0.25, 0.3) is 0 Å². The Kier molecular flexibility index (Phi) is 6.11. The number of aromatic nitrogens is 2. The summed E-state index contributed by atoms with van der Waals surface area (Å²) in [5.41, 5.74) is 1.25. The molecule has 92 valence electrons. The van der Waals surface area contributed by atoms with Gasteiger partial charge < -0.3 is 10.1 Å². The monoisotopic (exact) mass is 225 g/mol. The second-order valence-electron chi connectivity index (χ2n) is 3.83. The third-order valence-electron chi connectivity index (χ3n) is 2.65. The molecule has 0 aliphatic heterocycles. The standard InChI is InChI=1S/C12H23N3O/c1-4-13-11(7-6-10-16-5-2)12-8-9-14-15(12)3/h8-9,11,13H,4-7,10H2,1-3H3. The van der Waals surface area contributed by atoms with Crippen LogP contribution in [0.5, 0.6) is 0 Å². The van der Waals surface area contributed by atoms with E-state index >= 15 is 0 Å². The molecule has 1 rings (SSSR count). The maximum absolute atomic E-state index is 5.36. The Morgan fingerprint density at radius 1 is 1.50 bits per heavy atom. The van der Waals surface area contributed by atoms with E-state index in [0.717, 1.165) is 32.6 Å². The lowest BCUT2D eigenvalue weighted by atomic mass is 10.1. The first kappa shape index (κ1) is 13.2. The predicted molar refractivity (Wildman–Crippen MR) is 65.4 cm³/mol. The van der Waals surface area contributed by atoms with Crippen LogP contribution in [-0.4, -0.2) is 29.5 Å². The number of aryl methyl sites for hydroxylation is 1. The highest BCUT2D eigenvalue weighted by atomic mass is 16.5. The molecule has 0 spiro atoms. The molecular formula is C12H23N3O. The van der Waals surface area contributed by atoms with Crippen molar-refractivity contribution in [3.05, 3.63) is 18.0 Å². The van der Waals surface area contributed by atoms with Crippen molar-refractivity contribution in [2.45, 2.75) is 32.7 Å². The maximum atomic E-state index is 5.36. The molecule has 0 aliphatic carbocycles. The van der Waals surface area contributed by atoms with Crippen LogP contribution in [0, 0.1) is 0 Å². The maximum Gasteiger partial charge on any atom is 0.0550 e. The zero-order valence-corrected chi connectivity index (χ0v) is 10.6. The van der Waals surface area contributed by atoms with Gasteiger partial charge in [-0.3, -0.25) is 4.68 Å². The Morgan fingerprint density at radius 2 is 2.31 bits per heavy atom. The van der Waals surface area contributed by atoms with E-state index in [1.165, 1.54) is 5.69 Å². The summed E-state index contributed by atoms with van der Waals surface area (Å²) in [6, 6.07) is 2.46. The average Bonchev–Trinajstić information content (AvgIpc) is 2.69. The average molecular weight is 225 g/mol. The van der Waals surface area contributed by atoms with Crippen molar-refractivity contribution in [1.29, 1.82) is 0 Å². The minimum atomic E-state index is 0.387. The summed E-state index contributed by atoms with van der Waals surface area (Å²) in [5.74, 6) is 0. The van der Waals surface area contributed by atoms with Gasteiger partial charge in [0.25, 0.3) is 0 Å². The number of hydrogen-bond donors (Lipinski definition) is 1. The molecule has 0 bridgehead atoms. The van der Waals surface area contributed by atoms with Crippen molar-refractivity contribution in [1.82, 2.24) is 15.1 Å². The zero-order valence-electron chi connectivity index (χ0n) is 10.6. The summed E-state index contributed by atoms with van der Waals surface area (Å²) in [5, 5.41) is 7.70. The lowest BCUT2D eigenvalue weighted by Gasteiger charge is -2.18. The molecule has 4 heteroatoms. The van der Waals surface area contributed by atoms with Gasteiger partial charge in [0.15, 0.2) is 0 Å². The topological polar surface area (TPSA) is 39.1 Å². The number of hydrogen-bond acceptors (Lipinski definition) is 3. The summed E-state index contributed by atoms with van der Waals surface area (Å²) in [4.78, 5) is 0. The second kappa shape index (κ2) is 7.41. The molecule has 1 unspecified atom stereocenters. The number of rotatable bonds is 8. The van der Waals surface area contributed by atoms with Crippen molar-refractivity contribution in [3.8, 4) is 0 Å². The SMILES string of the molecule is CCNC(CCCOCC)c1ccnn1C.